The third kappa shape index (κ3) is 2.78. The number of aromatic nitrogens is 2. The first-order valence-electron chi connectivity index (χ1n) is 5.06. The first-order valence-corrected chi connectivity index (χ1v) is 6.35. The van der Waals surface area contributed by atoms with Crippen LogP contribution >= 0.6 is 23.6 Å². The zero-order valence-corrected chi connectivity index (χ0v) is 10.9. The zero-order chi connectivity index (χ0) is 12.3. The number of aryl methyl sites for hydroxylation is 1. The minimum Gasteiger partial charge on any atom is -0.389 e. The van der Waals surface area contributed by atoms with Crippen LogP contribution in [0.1, 0.15) is 16.1 Å². The molecule has 2 heterocycles. The minimum absolute atomic E-state index is 0.349. The first-order chi connectivity index (χ1) is 8.18. The van der Waals surface area contributed by atoms with Crippen LogP contribution in [0.5, 0.6) is 0 Å². The monoisotopic (exact) mass is 264 g/mol. The van der Waals surface area contributed by atoms with E-state index in [1.807, 2.05) is 24.6 Å². The molecule has 0 saturated carbocycles. The maximum absolute atomic E-state index is 5.64. The number of hydrogen-bond acceptors (Lipinski definition) is 5. The van der Waals surface area contributed by atoms with Gasteiger partial charge >= 0.3 is 0 Å². The van der Waals surface area contributed by atoms with Gasteiger partial charge in [0.1, 0.15) is 10.8 Å². The predicted octanol–water partition coefficient (Wildman–Crippen LogP) is 2.09. The van der Waals surface area contributed by atoms with Crippen molar-refractivity contribution in [2.45, 2.75) is 13.5 Å². The van der Waals surface area contributed by atoms with Crippen LogP contribution in [0.2, 0.25) is 0 Å². The van der Waals surface area contributed by atoms with Crippen molar-refractivity contribution < 1.29 is 0 Å². The second kappa shape index (κ2) is 5.20. The Bertz CT molecular complexity index is 536. The van der Waals surface area contributed by atoms with Gasteiger partial charge in [0.25, 0.3) is 0 Å². The lowest BCUT2D eigenvalue weighted by Crippen LogP contribution is -2.14. The number of nitrogens with two attached hydrogens (primary N) is 1. The Hall–Kier alpha value is -1.53. The maximum Gasteiger partial charge on any atom is 0.136 e. The number of pyridine rings is 1. The van der Waals surface area contributed by atoms with Crippen LogP contribution in [0.15, 0.2) is 23.8 Å². The Balaban J connectivity index is 2.14. The van der Waals surface area contributed by atoms with Gasteiger partial charge in [0.05, 0.1) is 23.3 Å². The highest BCUT2D eigenvalue weighted by atomic mass is 32.1. The van der Waals surface area contributed by atoms with E-state index in [9.17, 15) is 0 Å². The van der Waals surface area contributed by atoms with Crippen LogP contribution in [-0.4, -0.2) is 15.0 Å². The summed E-state index contributed by atoms with van der Waals surface area (Å²) in [7, 11) is 0. The molecule has 2 aromatic heterocycles. The van der Waals surface area contributed by atoms with Gasteiger partial charge < -0.3 is 11.1 Å². The van der Waals surface area contributed by atoms with Gasteiger partial charge in [-0.3, -0.25) is 0 Å². The van der Waals surface area contributed by atoms with Crippen LogP contribution in [0.3, 0.4) is 0 Å². The second-order valence-electron chi connectivity index (χ2n) is 3.48. The van der Waals surface area contributed by atoms with Gasteiger partial charge in [0, 0.05) is 11.1 Å². The van der Waals surface area contributed by atoms with Crippen molar-refractivity contribution in [2.75, 3.05) is 5.32 Å². The molecule has 0 fully saturated rings. The molecular weight excluding hydrogens is 252 g/mol. The van der Waals surface area contributed by atoms with Crippen LogP contribution in [0.25, 0.3) is 0 Å². The summed E-state index contributed by atoms with van der Waals surface area (Å²) in [6, 6.07) is 3.68. The van der Waals surface area contributed by atoms with Gasteiger partial charge in [0.15, 0.2) is 0 Å². The lowest BCUT2D eigenvalue weighted by Gasteiger charge is -2.08. The molecule has 0 aromatic carbocycles. The molecule has 88 valence electrons. The molecule has 0 aliphatic carbocycles. The number of anilines is 1. The summed E-state index contributed by atoms with van der Waals surface area (Å²) >= 11 is 6.60. The Morgan fingerprint density at radius 2 is 2.35 bits per heavy atom. The van der Waals surface area contributed by atoms with E-state index >= 15 is 0 Å². The molecule has 0 spiro atoms. The molecule has 0 amide bonds. The quantitative estimate of drug-likeness (QED) is 0.828. The Kier molecular flexibility index (Phi) is 3.65. The molecule has 6 heteroatoms. The van der Waals surface area contributed by atoms with E-state index in [2.05, 4.69) is 15.3 Å². The molecule has 0 unspecified atom stereocenters. The highest BCUT2D eigenvalue weighted by molar-refractivity contribution is 7.80. The van der Waals surface area contributed by atoms with Gasteiger partial charge in [-0.15, -0.1) is 11.3 Å². The molecule has 0 radical (unpaired) electrons. The van der Waals surface area contributed by atoms with Crippen LogP contribution in [0, 0.1) is 6.92 Å². The van der Waals surface area contributed by atoms with Gasteiger partial charge in [0.2, 0.25) is 0 Å². The Morgan fingerprint density at radius 1 is 1.53 bits per heavy atom. The number of thiazole rings is 1. The number of thiocarbonyl (C=S) groups is 1. The first kappa shape index (κ1) is 11.9. The van der Waals surface area contributed by atoms with E-state index in [4.69, 9.17) is 18.0 Å². The summed E-state index contributed by atoms with van der Waals surface area (Å²) in [5.41, 5.74) is 9.27. The van der Waals surface area contributed by atoms with E-state index in [0.29, 0.717) is 17.4 Å². The van der Waals surface area contributed by atoms with Gasteiger partial charge in [-0.2, -0.15) is 0 Å². The molecule has 2 rings (SSSR count). The third-order valence-corrected chi connectivity index (χ3v) is 3.49. The van der Waals surface area contributed by atoms with E-state index < -0.39 is 0 Å². The van der Waals surface area contributed by atoms with Crippen molar-refractivity contribution in [3.8, 4) is 0 Å². The molecule has 0 aliphatic rings. The highest BCUT2D eigenvalue weighted by Crippen LogP contribution is 2.16. The molecule has 4 nitrogen and oxygen atoms in total. The van der Waals surface area contributed by atoms with Crippen molar-refractivity contribution in [1.29, 1.82) is 0 Å². The van der Waals surface area contributed by atoms with Crippen LogP contribution < -0.4 is 11.1 Å². The summed E-state index contributed by atoms with van der Waals surface area (Å²) in [6.45, 7) is 2.67. The highest BCUT2D eigenvalue weighted by Gasteiger charge is 2.07. The SMILES string of the molecule is Cc1ncsc1CNc1ncccc1C(N)=S. The van der Waals surface area contributed by atoms with Crippen molar-refractivity contribution in [1.82, 2.24) is 9.97 Å². The van der Waals surface area contributed by atoms with E-state index in [0.717, 1.165) is 11.3 Å². The van der Waals surface area contributed by atoms with Crippen LogP contribution in [0.4, 0.5) is 5.82 Å². The zero-order valence-electron chi connectivity index (χ0n) is 9.30. The summed E-state index contributed by atoms with van der Waals surface area (Å²) in [4.78, 5) is 9.96. The standard InChI is InChI=1S/C11H12N4S2/c1-7-9(17-6-15-7)5-14-11-8(10(12)16)3-2-4-13-11/h2-4,6H,5H2,1H3,(H2,12,16)(H,13,14). The normalized spacial score (nSPS) is 10.2. The Morgan fingerprint density at radius 3 is 3.00 bits per heavy atom. The number of nitrogens with one attached hydrogen (secondary N) is 1. The average Bonchev–Trinajstić information content (AvgIpc) is 2.72. The van der Waals surface area contributed by atoms with E-state index in [1.165, 1.54) is 4.88 Å². The van der Waals surface area contributed by atoms with Gasteiger partial charge in [-0.05, 0) is 19.1 Å². The van der Waals surface area contributed by atoms with Crippen molar-refractivity contribution in [2.24, 2.45) is 5.73 Å². The van der Waals surface area contributed by atoms with Crippen molar-refractivity contribution in [3.63, 3.8) is 0 Å². The maximum atomic E-state index is 5.64. The number of hydrogen-bond donors (Lipinski definition) is 2. The lowest BCUT2D eigenvalue weighted by molar-refractivity contribution is 1.09. The summed E-state index contributed by atoms with van der Waals surface area (Å²) < 4.78 is 0. The molecule has 0 saturated heterocycles. The molecular formula is C11H12N4S2. The summed E-state index contributed by atoms with van der Waals surface area (Å²) in [5.74, 6) is 0.716. The summed E-state index contributed by atoms with van der Waals surface area (Å²) in [6.07, 6.45) is 1.71. The smallest absolute Gasteiger partial charge is 0.136 e. The predicted molar refractivity (Wildman–Crippen MR) is 74.3 cm³/mol. The molecule has 0 aliphatic heterocycles. The fourth-order valence-corrected chi connectivity index (χ4v) is 2.29. The fraction of sp³-hybridized carbons (Fsp3) is 0.182. The molecule has 2 aromatic rings. The lowest BCUT2D eigenvalue weighted by atomic mass is 10.2. The molecule has 0 atom stereocenters. The minimum atomic E-state index is 0.349. The second-order valence-corrected chi connectivity index (χ2v) is 4.86. The van der Waals surface area contributed by atoms with E-state index in [1.54, 1.807) is 17.5 Å². The fourth-order valence-electron chi connectivity index (χ4n) is 1.40. The van der Waals surface area contributed by atoms with Gasteiger partial charge in [-0.1, -0.05) is 12.2 Å². The van der Waals surface area contributed by atoms with Crippen LogP contribution in [-0.2, 0) is 6.54 Å². The molecule has 17 heavy (non-hydrogen) atoms. The average molecular weight is 264 g/mol. The van der Waals surface area contributed by atoms with Gasteiger partial charge in [-0.25, -0.2) is 9.97 Å². The number of nitrogens with zero attached hydrogens (tertiary/aromatic N) is 2. The summed E-state index contributed by atoms with van der Waals surface area (Å²) in [5, 5.41) is 3.23. The molecule has 0 bridgehead atoms. The van der Waals surface area contributed by atoms with E-state index in [-0.39, 0.29) is 0 Å². The Labute approximate surface area is 109 Å². The largest absolute Gasteiger partial charge is 0.389 e. The van der Waals surface area contributed by atoms with Crippen molar-refractivity contribution in [3.05, 3.63) is 40.0 Å². The third-order valence-electron chi connectivity index (χ3n) is 2.33. The van der Waals surface area contributed by atoms with Crippen molar-refractivity contribution >= 4 is 34.4 Å². The molecule has 3 N–H and O–H groups in total. The number of rotatable bonds is 4. The topological polar surface area (TPSA) is 63.8 Å².